The summed E-state index contributed by atoms with van der Waals surface area (Å²) in [7, 11) is 0. The highest BCUT2D eigenvalue weighted by molar-refractivity contribution is 6.10. The normalized spacial score (nSPS) is 18.8. The second-order valence-electron chi connectivity index (χ2n) is 7.79. The molecule has 3 rings (SSSR count). The quantitative estimate of drug-likeness (QED) is 0.469. The number of aryl methyl sites for hydroxylation is 1. The number of hydrogen-bond acceptors (Lipinski definition) is 3. The van der Waals surface area contributed by atoms with Gasteiger partial charge in [-0.1, -0.05) is 36.8 Å². The van der Waals surface area contributed by atoms with Crippen molar-refractivity contribution in [3.63, 3.8) is 0 Å². The minimum Gasteiger partial charge on any atom is -0.325 e. The first-order valence-corrected chi connectivity index (χ1v) is 9.98. The molecule has 1 fully saturated rings. The molecule has 6 nitrogen and oxygen atoms in total. The lowest BCUT2D eigenvalue weighted by atomic mass is 9.87. The average molecular weight is 487 g/mol. The van der Waals surface area contributed by atoms with Crippen LogP contribution in [0.3, 0.4) is 0 Å². The zero-order chi connectivity index (χ0) is 25.5. The molecule has 0 aliphatic carbocycles. The highest BCUT2D eigenvalue weighted by Gasteiger charge is 2.51. The van der Waals surface area contributed by atoms with E-state index in [-0.39, 0.29) is 12.5 Å². The Morgan fingerprint density at radius 1 is 0.971 bits per heavy atom. The van der Waals surface area contributed by atoms with Crippen molar-refractivity contribution in [1.82, 2.24) is 10.2 Å². The highest BCUT2D eigenvalue weighted by Crippen LogP contribution is 2.38. The molecular weight excluding hydrogens is 468 g/mol. The van der Waals surface area contributed by atoms with Crippen molar-refractivity contribution >= 4 is 23.5 Å². The average Bonchev–Trinajstić information content (AvgIpc) is 2.98. The summed E-state index contributed by atoms with van der Waals surface area (Å²) in [5.41, 5.74) is -4.09. The summed E-state index contributed by atoms with van der Waals surface area (Å²) >= 11 is 0. The molecule has 0 unspecified atom stereocenters. The van der Waals surface area contributed by atoms with Crippen molar-refractivity contribution in [3.8, 4) is 0 Å². The number of amides is 4. The zero-order valence-electron chi connectivity index (χ0n) is 17.9. The topological polar surface area (TPSA) is 78.5 Å². The van der Waals surface area contributed by atoms with Gasteiger partial charge in [-0.05, 0) is 37.1 Å². The van der Waals surface area contributed by atoms with Crippen molar-refractivity contribution in [2.24, 2.45) is 0 Å². The van der Waals surface area contributed by atoms with E-state index in [9.17, 15) is 40.7 Å². The Kier molecular flexibility index (Phi) is 6.38. The van der Waals surface area contributed by atoms with Gasteiger partial charge in [0.05, 0.1) is 11.1 Å². The monoisotopic (exact) mass is 487 g/mol. The van der Waals surface area contributed by atoms with Gasteiger partial charge < -0.3 is 10.6 Å². The van der Waals surface area contributed by atoms with Crippen molar-refractivity contribution in [1.29, 1.82) is 0 Å². The van der Waals surface area contributed by atoms with Gasteiger partial charge in [-0.3, -0.25) is 14.5 Å². The standard InChI is InChI=1S/C22H19F6N3O3/c1-3-20(13-6-4-12(2)5-7-13)18(33)31(19(34)30-20)11-17(32)29-16-9-14(21(23,24)25)8-15(10-16)22(26,27)28/h4-10H,3,11H2,1-2H3,(H,29,32)(H,30,34)/t20-/m0/s1. The Labute approximate surface area is 189 Å². The minimum absolute atomic E-state index is 0.0791. The Morgan fingerprint density at radius 2 is 1.50 bits per heavy atom. The molecule has 0 radical (unpaired) electrons. The molecule has 2 N–H and O–H groups in total. The number of alkyl halides is 6. The van der Waals surface area contributed by atoms with Crippen molar-refractivity contribution in [2.75, 3.05) is 11.9 Å². The fourth-order valence-corrected chi connectivity index (χ4v) is 3.62. The smallest absolute Gasteiger partial charge is 0.325 e. The molecule has 182 valence electrons. The van der Waals surface area contributed by atoms with Crippen LogP contribution >= 0.6 is 0 Å². The second kappa shape index (κ2) is 8.65. The number of carbonyl (C=O) groups excluding carboxylic acids is 3. The SMILES string of the molecule is CC[C@@]1(c2ccc(C)cc2)NC(=O)N(CC(=O)Nc2cc(C(F)(F)F)cc(C(F)(F)F)c2)C1=O. The summed E-state index contributed by atoms with van der Waals surface area (Å²) in [5.74, 6) is -1.91. The van der Waals surface area contributed by atoms with Crippen LogP contribution in [-0.2, 0) is 27.5 Å². The lowest BCUT2D eigenvalue weighted by Gasteiger charge is -2.26. The predicted octanol–water partition coefficient (Wildman–Crippen LogP) is 4.83. The van der Waals surface area contributed by atoms with E-state index in [0.29, 0.717) is 22.6 Å². The molecule has 0 spiro atoms. The van der Waals surface area contributed by atoms with Crippen LogP contribution in [0, 0.1) is 6.92 Å². The minimum atomic E-state index is -5.10. The summed E-state index contributed by atoms with van der Waals surface area (Å²) in [6.07, 6.45) is -10.1. The van der Waals surface area contributed by atoms with E-state index in [1.54, 1.807) is 31.2 Å². The van der Waals surface area contributed by atoms with E-state index < -0.39 is 59.1 Å². The van der Waals surface area contributed by atoms with Gasteiger partial charge in [0.15, 0.2) is 0 Å². The van der Waals surface area contributed by atoms with Crippen LogP contribution in [0.15, 0.2) is 42.5 Å². The molecule has 34 heavy (non-hydrogen) atoms. The van der Waals surface area contributed by atoms with Gasteiger partial charge in [-0.15, -0.1) is 0 Å². The van der Waals surface area contributed by atoms with E-state index >= 15 is 0 Å². The molecule has 2 aromatic rings. The number of anilines is 1. The van der Waals surface area contributed by atoms with Crippen LogP contribution in [0.2, 0.25) is 0 Å². The molecule has 0 saturated carbocycles. The summed E-state index contributed by atoms with van der Waals surface area (Å²) < 4.78 is 78.2. The second-order valence-corrected chi connectivity index (χ2v) is 7.79. The number of halogens is 6. The predicted molar refractivity (Wildman–Crippen MR) is 108 cm³/mol. The van der Waals surface area contributed by atoms with Gasteiger partial charge >= 0.3 is 18.4 Å². The third kappa shape index (κ3) is 4.85. The Balaban J connectivity index is 1.84. The maximum atomic E-state index is 13.1. The Hall–Kier alpha value is -3.57. The van der Waals surface area contributed by atoms with E-state index in [1.807, 2.05) is 12.2 Å². The highest BCUT2D eigenvalue weighted by atomic mass is 19.4. The van der Waals surface area contributed by atoms with Gasteiger partial charge in [-0.2, -0.15) is 26.3 Å². The van der Waals surface area contributed by atoms with E-state index in [0.717, 1.165) is 5.56 Å². The molecule has 1 atom stereocenters. The van der Waals surface area contributed by atoms with Crippen LogP contribution in [0.5, 0.6) is 0 Å². The van der Waals surface area contributed by atoms with Crippen LogP contribution < -0.4 is 10.6 Å². The van der Waals surface area contributed by atoms with Crippen LogP contribution in [0.1, 0.15) is 35.6 Å². The first-order chi connectivity index (χ1) is 15.7. The van der Waals surface area contributed by atoms with Crippen molar-refractivity contribution < 1.29 is 40.7 Å². The first kappa shape index (κ1) is 25.1. The molecule has 1 aliphatic heterocycles. The van der Waals surface area contributed by atoms with E-state index in [1.165, 1.54) is 0 Å². The summed E-state index contributed by atoms with van der Waals surface area (Å²) in [5, 5.41) is 4.45. The lowest BCUT2D eigenvalue weighted by Crippen LogP contribution is -2.44. The maximum Gasteiger partial charge on any atom is 0.416 e. The molecule has 0 aromatic heterocycles. The maximum absolute atomic E-state index is 13.1. The Morgan fingerprint density at radius 3 is 1.97 bits per heavy atom. The largest absolute Gasteiger partial charge is 0.416 e. The fourth-order valence-electron chi connectivity index (χ4n) is 3.62. The van der Waals surface area contributed by atoms with Gasteiger partial charge in [-0.25, -0.2) is 4.79 Å². The number of rotatable bonds is 5. The number of hydrogen-bond donors (Lipinski definition) is 2. The molecule has 1 aliphatic rings. The van der Waals surface area contributed by atoms with E-state index in [4.69, 9.17) is 0 Å². The molecule has 2 aromatic carbocycles. The molecule has 1 saturated heterocycles. The molecule has 4 amide bonds. The van der Waals surface area contributed by atoms with Gasteiger partial charge in [0.25, 0.3) is 5.91 Å². The molecular formula is C22H19F6N3O3. The number of nitrogens with zero attached hydrogens (tertiary/aromatic N) is 1. The summed E-state index contributed by atoms with van der Waals surface area (Å²) in [6, 6.07) is 6.42. The van der Waals surface area contributed by atoms with E-state index in [2.05, 4.69) is 5.32 Å². The Bertz CT molecular complexity index is 1100. The lowest BCUT2D eigenvalue weighted by molar-refractivity contribution is -0.143. The number of nitrogens with one attached hydrogen (secondary N) is 2. The molecule has 12 heteroatoms. The fraction of sp³-hybridized carbons (Fsp3) is 0.318. The first-order valence-electron chi connectivity index (χ1n) is 9.98. The van der Waals surface area contributed by atoms with Gasteiger partial charge in [0, 0.05) is 5.69 Å². The van der Waals surface area contributed by atoms with Crippen LogP contribution in [0.4, 0.5) is 36.8 Å². The number of urea groups is 1. The number of carbonyl (C=O) groups is 3. The van der Waals surface area contributed by atoms with Gasteiger partial charge in [0.2, 0.25) is 5.91 Å². The molecule has 1 heterocycles. The number of benzene rings is 2. The van der Waals surface area contributed by atoms with Crippen LogP contribution in [0.25, 0.3) is 0 Å². The molecule has 0 bridgehead atoms. The summed E-state index contributed by atoms with van der Waals surface area (Å²) in [6.45, 7) is 2.56. The number of imide groups is 1. The zero-order valence-corrected chi connectivity index (χ0v) is 17.9. The summed E-state index contributed by atoms with van der Waals surface area (Å²) in [4.78, 5) is 38.5. The van der Waals surface area contributed by atoms with Crippen molar-refractivity contribution in [2.45, 2.75) is 38.2 Å². The van der Waals surface area contributed by atoms with Gasteiger partial charge in [0.1, 0.15) is 12.1 Å². The van der Waals surface area contributed by atoms with Crippen LogP contribution in [-0.4, -0.2) is 29.3 Å². The third-order valence-electron chi connectivity index (χ3n) is 5.42. The van der Waals surface area contributed by atoms with Crippen molar-refractivity contribution in [3.05, 3.63) is 64.7 Å². The third-order valence-corrected chi connectivity index (χ3v) is 5.42.